The Balaban J connectivity index is 3.03. The zero-order valence-corrected chi connectivity index (χ0v) is 11.2. The largest absolute Gasteiger partial charge is 0.416 e. The molecule has 1 aromatic carbocycles. The molecule has 0 saturated carbocycles. The van der Waals surface area contributed by atoms with Gasteiger partial charge in [-0.2, -0.15) is 23.7 Å². The molecule has 21 heavy (non-hydrogen) atoms. The Morgan fingerprint density at radius 2 is 2.05 bits per heavy atom. The molecule has 1 amide bonds. The van der Waals surface area contributed by atoms with Crippen molar-refractivity contribution in [3.8, 4) is 12.1 Å². The molecule has 0 fully saturated rings. The molecule has 110 valence electrons. The van der Waals surface area contributed by atoms with Crippen molar-refractivity contribution in [2.75, 3.05) is 5.32 Å². The smallest absolute Gasteiger partial charge is 0.324 e. The lowest BCUT2D eigenvalue weighted by molar-refractivity contribution is -0.137. The number of hydrogen-bond acceptors (Lipinski definition) is 3. The number of nitriles is 2. The summed E-state index contributed by atoms with van der Waals surface area (Å²) in [5, 5.41) is 20.1. The van der Waals surface area contributed by atoms with Gasteiger partial charge in [0.2, 0.25) is 5.91 Å². The van der Waals surface area contributed by atoms with Crippen molar-refractivity contribution in [3.05, 3.63) is 29.3 Å². The number of alkyl halides is 3. The molecule has 0 aliphatic rings. The quantitative estimate of drug-likeness (QED) is 0.924. The minimum atomic E-state index is -4.56. The predicted octanol–water partition coefficient (Wildman–Crippen LogP) is 3.46. The van der Waals surface area contributed by atoms with Crippen LogP contribution in [0.1, 0.15) is 30.9 Å². The number of nitrogens with zero attached hydrogens (tertiary/aromatic N) is 2. The topological polar surface area (TPSA) is 76.7 Å². The predicted molar refractivity (Wildman–Crippen MR) is 68.8 cm³/mol. The molecule has 0 saturated heterocycles. The minimum Gasteiger partial charge on any atom is -0.324 e. The summed E-state index contributed by atoms with van der Waals surface area (Å²) in [4.78, 5) is 11.8. The lowest BCUT2D eigenvalue weighted by Crippen LogP contribution is -2.22. The maximum Gasteiger partial charge on any atom is 0.416 e. The van der Waals surface area contributed by atoms with Gasteiger partial charge in [-0.1, -0.05) is 13.3 Å². The lowest BCUT2D eigenvalue weighted by Gasteiger charge is -2.12. The van der Waals surface area contributed by atoms with Crippen LogP contribution in [0.15, 0.2) is 18.2 Å². The lowest BCUT2D eigenvalue weighted by atomic mass is 10.0. The zero-order chi connectivity index (χ0) is 16.0. The van der Waals surface area contributed by atoms with Crippen LogP contribution in [-0.4, -0.2) is 5.91 Å². The van der Waals surface area contributed by atoms with Crippen LogP contribution >= 0.6 is 0 Å². The summed E-state index contributed by atoms with van der Waals surface area (Å²) in [5.74, 6) is -1.53. The highest BCUT2D eigenvalue weighted by Gasteiger charge is 2.31. The van der Waals surface area contributed by atoms with E-state index in [1.165, 1.54) is 0 Å². The third kappa shape index (κ3) is 4.22. The van der Waals surface area contributed by atoms with Crippen molar-refractivity contribution < 1.29 is 18.0 Å². The summed E-state index contributed by atoms with van der Waals surface area (Å²) >= 11 is 0. The first-order chi connectivity index (χ1) is 9.83. The number of carbonyl (C=O) groups excluding carboxylic acids is 1. The van der Waals surface area contributed by atoms with Crippen molar-refractivity contribution in [2.24, 2.45) is 5.92 Å². The monoisotopic (exact) mass is 295 g/mol. The molecule has 1 N–H and O–H groups in total. The van der Waals surface area contributed by atoms with Crippen LogP contribution in [0.5, 0.6) is 0 Å². The Bertz CT molecular complexity index is 611. The third-order valence-corrected chi connectivity index (χ3v) is 2.77. The van der Waals surface area contributed by atoms with E-state index in [4.69, 9.17) is 10.5 Å². The van der Waals surface area contributed by atoms with Crippen LogP contribution in [-0.2, 0) is 11.0 Å². The molecule has 1 rings (SSSR count). The summed E-state index contributed by atoms with van der Waals surface area (Å²) in [6.45, 7) is 1.80. The summed E-state index contributed by atoms with van der Waals surface area (Å²) in [6.07, 6.45) is -3.61. The third-order valence-electron chi connectivity index (χ3n) is 2.77. The van der Waals surface area contributed by atoms with Gasteiger partial charge in [0, 0.05) is 0 Å². The SMILES string of the molecule is CCCC(C#N)C(=O)Nc1ccc(C(F)(F)F)cc1C#N. The highest BCUT2D eigenvalue weighted by atomic mass is 19.4. The first kappa shape index (κ1) is 16.5. The van der Waals surface area contributed by atoms with Gasteiger partial charge in [-0.25, -0.2) is 0 Å². The number of carbonyl (C=O) groups is 1. The molecule has 1 atom stereocenters. The van der Waals surface area contributed by atoms with E-state index < -0.39 is 23.6 Å². The average molecular weight is 295 g/mol. The second-order valence-corrected chi connectivity index (χ2v) is 4.33. The minimum absolute atomic E-state index is 0.0353. The highest BCUT2D eigenvalue weighted by molar-refractivity contribution is 5.95. The van der Waals surface area contributed by atoms with Gasteiger partial charge in [-0.15, -0.1) is 0 Å². The van der Waals surface area contributed by atoms with E-state index in [0.29, 0.717) is 18.9 Å². The van der Waals surface area contributed by atoms with Crippen LogP contribution in [0, 0.1) is 28.6 Å². The van der Waals surface area contributed by atoms with Crippen molar-refractivity contribution in [1.82, 2.24) is 0 Å². The van der Waals surface area contributed by atoms with E-state index >= 15 is 0 Å². The molecule has 0 heterocycles. The summed E-state index contributed by atoms with van der Waals surface area (Å²) in [7, 11) is 0. The van der Waals surface area contributed by atoms with Gasteiger partial charge in [-0.3, -0.25) is 4.79 Å². The number of halogens is 3. The van der Waals surface area contributed by atoms with Gasteiger partial charge in [0.25, 0.3) is 0 Å². The number of anilines is 1. The van der Waals surface area contributed by atoms with Gasteiger partial charge in [0.15, 0.2) is 0 Å². The van der Waals surface area contributed by atoms with Gasteiger partial charge < -0.3 is 5.32 Å². The Morgan fingerprint density at radius 3 is 2.52 bits per heavy atom. The van der Waals surface area contributed by atoms with E-state index in [2.05, 4.69) is 5.32 Å². The first-order valence-corrected chi connectivity index (χ1v) is 6.15. The molecule has 1 aromatic rings. The molecular weight excluding hydrogens is 283 g/mol. The highest BCUT2D eigenvalue weighted by Crippen LogP contribution is 2.31. The molecule has 4 nitrogen and oxygen atoms in total. The summed E-state index contributed by atoms with van der Waals surface area (Å²) < 4.78 is 37.6. The van der Waals surface area contributed by atoms with E-state index in [-0.39, 0.29) is 11.3 Å². The van der Waals surface area contributed by atoms with E-state index in [9.17, 15) is 18.0 Å². The van der Waals surface area contributed by atoms with Gasteiger partial charge in [-0.05, 0) is 24.6 Å². The first-order valence-electron chi connectivity index (χ1n) is 6.15. The van der Waals surface area contributed by atoms with Crippen molar-refractivity contribution in [2.45, 2.75) is 25.9 Å². The van der Waals surface area contributed by atoms with Gasteiger partial charge in [0.05, 0.1) is 22.9 Å². The Labute approximate surface area is 119 Å². The summed E-state index contributed by atoms with van der Waals surface area (Å²) in [6, 6.07) is 5.88. The molecule has 0 bridgehead atoms. The number of benzene rings is 1. The number of rotatable bonds is 4. The van der Waals surface area contributed by atoms with Crippen molar-refractivity contribution in [1.29, 1.82) is 10.5 Å². The Morgan fingerprint density at radius 1 is 1.38 bits per heavy atom. The second kappa shape index (κ2) is 6.76. The fourth-order valence-electron chi connectivity index (χ4n) is 1.68. The number of amides is 1. The average Bonchev–Trinajstić information content (AvgIpc) is 2.43. The molecule has 0 aliphatic carbocycles. The molecule has 7 heteroatoms. The Hall–Kier alpha value is -2.54. The maximum absolute atomic E-state index is 12.5. The molecule has 0 radical (unpaired) electrons. The second-order valence-electron chi connectivity index (χ2n) is 4.33. The van der Waals surface area contributed by atoms with E-state index in [1.807, 2.05) is 6.07 Å². The van der Waals surface area contributed by atoms with E-state index in [1.54, 1.807) is 13.0 Å². The summed E-state index contributed by atoms with van der Waals surface area (Å²) in [5.41, 5.74) is -1.30. The van der Waals surface area contributed by atoms with E-state index in [0.717, 1.165) is 12.1 Å². The van der Waals surface area contributed by atoms with Gasteiger partial charge >= 0.3 is 6.18 Å². The number of nitrogens with one attached hydrogen (secondary N) is 1. The Kier molecular flexibility index (Phi) is 5.31. The molecule has 1 unspecified atom stereocenters. The zero-order valence-electron chi connectivity index (χ0n) is 11.2. The van der Waals surface area contributed by atoms with Crippen LogP contribution in [0.3, 0.4) is 0 Å². The van der Waals surface area contributed by atoms with Crippen LogP contribution < -0.4 is 5.32 Å². The molecular formula is C14H12F3N3O. The van der Waals surface area contributed by atoms with Crippen LogP contribution in [0.25, 0.3) is 0 Å². The van der Waals surface area contributed by atoms with Crippen LogP contribution in [0.2, 0.25) is 0 Å². The van der Waals surface area contributed by atoms with Gasteiger partial charge in [0.1, 0.15) is 12.0 Å². The normalized spacial score (nSPS) is 12.1. The molecule has 0 spiro atoms. The number of hydrogen-bond donors (Lipinski definition) is 1. The molecule has 0 aliphatic heterocycles. The molecule has 0 aromatic heterocycles. The fraction of sp³-hybridized carbons (Fsp3) is 0.357. The van der Waals surface area contributed by atoms with Crippen LogP contribution in [0.4, 0.5) is 18.9 Å². The fourth-order valence-corrected chi connectivity index (χ4v) is 1.68. The standard InChI is InChI=1S/C14H12F3N3O/c1-2-3-9(7-18)13(21)20-12-5-4-11(14(15,16)17)6-10(12)8-19/h4-6,9H,2-3H2,1H3,(H,20,21). The maximum atomic E-state index is 12.5. The van der Waals surface area contributed by atoms with Crippen molar-refractivity contribution >= 4 is 11.6 Å². The van der Waals surface area contributed by atoms with Crippen molar-refractivity contribution in [3.63, 3.8) is 0 Å².